The van der Waals surface area contributed by atoms with Gasteiger partial charge >= 0.3 is 0 Å². The van der Waals surface area contributed by atoms with Crippen molar-refractivity contribution in [3.05, 3.63) is 83.4 Å². The first-order chi connectivity index (χ1) is 15.6. The third kappa shape index (κ3) is 5.42. The molecule has 6 heteroatoms. The van der Waals surface area contributed by atoms with Gasteiger partial charge in [0.05, 0.1) is 23.3 Å². The minimum absolute atomic E-state index is 0.0891. The lowest BCUT2D eigenvalue weighted by molar-refractivity contribution is -0.00242. The fourth-order valence-corrected chi connectivity index (χ4v) is 4.07. The summed E-state index contributed by atoms with van der Waals surface area (Å²) in [6, 6.07) is 22.7. The highest BCUT2D eigenvalue weighted by Gasteiger charge is 2.26. The summed E-state index contributed by atoms with van der Waals surface area (Å²) in [6.45, 7) is 2.12. The van der Waals surface area contributed by atoms with E-state index < -0.39 is 0 Å². The molecule has 1 aliphatic heterocycles. The van der Waals surface area contributed by atoms with Gasteiger partial charge in [-0.25, -0.2) is 0 Å². The zero-order valence-electron chi connectivity index (χ0n) is 17.7. The van der Waals surface area contributed by atoms with Crippen LogP contribution in [0.1, 0.15) is 23.2 Å². The van der Waals surface area contributed by atoms with Crippen LogP contribution < -0.4 is 4.74 Å². The van der Waals surface area contributed by atoms with E-state index in [-0.39, 0.29) is 28.3 Å². The molecule has 1 amide bonds. The van der Waals surface area contributed by atoms with Crippen molar-refractivity contribution < 1.29 is 19.4 Å². The Morgan fingerprint density at radius 3 is 2.28 bits per heavy atom. The third-order valence-corrected chi connectivity index (χ3v) is 5.87. The molecule has 1 fully saturated rings. The van der Waals surface area contributed by atoms with Gasteiger partial charge in [0.25, 0.3) is 5.91 Å². The van der Waals surface area contributed by atoms with E-state index in [0.29, 0.717) is 26.3 Å². The molecule has 3 aromatic carbocycles. The summed E-state index contributed by atoms with van der Waals surface area (Å²) in [5.74, 6) is 0.438. The molecule has 1 heterocycles. The molecule has 166 valence electrons. The second-order valence-corrected chi connectivity index (χ2v) is 8.15. The molecule has 4 rings (SSSR count). The van der Waals surface area contributed by atoms with Gasteiger partial charge in [0.1, 0.15) is 18.1 Å². The summed E-state index contributed by atoms with van der Waals surface area (Å²) in [6.07, 6.45) is 1.57. The molecule has 1 saturated heterocycles. The molecular weight excluding hydrogens is 426 g/mol. The van der Waals surface area contributed by atoms with Gasteiger partial charge in [-0.15, -0.1) is 0 Å². The summed E-state index contributed by atoms with van der Waals surface area (Å²) >= 11 is 6.24. The van der Waals surface area contributed by atoms with Crippen LogP contribution in [0.5, 0.6) is 11.5 Å². The highest BCUT2D eigenvalue weighted by molar-refractivity contribution is 6.33. The first-order valence-electron chi connectivity index (χ1n) is 10.8. The second-order valence-electron chi connectivity index (χ2n) is 7.74. The van der Waals surface area contributed by atoms with Crippen LogP contribution in [-0.2, 0) is 4.74 Å². The smallest absolute Gasteiger partial charge is 0.257 e. The first kappa shape index (κ1) is 22.2. The van der Waals surface area contributed by atoms with Gasteiger partial charge in [-0.2, -0.15) is 0 Å². The van der Waals surface area contributed by atoms with Crippen LogP contribution in [0.25, 0.3) is 11.1 Å². The van der Waals surface area contributed by atoms with E-state index in [1.807, 2.05) is 60.7 Å². The van der Waals surface area contributed by atoms with Crippen molar-refractivity contribution in [2.75, 3.05) is 26.3 Å². The molecule has 0 spiro atoms. The number of hydrogen-bond acceptors (Lipinski definition) is 4. The number of ether oxygens (including phenoxy) is 2. The molecule has 0 saturated carbocycles. The normalized spacial score (nSPS) is 14.3. The monoisotopic (exact) mass is 451 g/mol. The Hall–Kier alpha value is -3.02. The van der Waals surface area contributed by atoms with E-state index in [0.717, 1.165) is 29.7 Å². The largest absolute Gasteiger partial charge is 0.506 e. The molecular formula is C26H26ClNO4. The van der Waals surface area contributed by atoms with Crippen molar-refractivity contribution in [2.24, 2.45) is 0 Å². The number of para-hydroxylation sites is 1. The maximum absolute atomic E-state index is 13.1. The lowest BCUT2D eigenvalue weighted by Crippen LogP contribution is -2.41. The highest BCUT2D eigenvalue weighted by Crippen LogP contribution is 2.34. The molecule has 32 heavy (non-hydrogen) atoms. The minimum atomic E-state index is -0.215. The van der Waals surface area contributed by atoms with Crippen LogP contribution in [0.15, 0.2) is 72.8 Å². The number of amides is 1. The number of hydrogen-bond donors (Lipinski definition) is 1. The average Bonchev–Trinajstić information content (AvgIpc) is 2.84. The Morgan fingerprint density at radius 2 is 1.59 bits per heavy atom. The molecule has 0 unspecified atom stereocenters. The molecule has 0 atom stereocenters. The predicted octanol–water partition coefficient (Wildman–Crippen LogP) is 5.41. The molecule has 0 bridgehead atoms. The minimum Gasteiger partial charge on any atom is -0.506 e. The topological polar surface area (TPSA) is 59.0 Å². The SMILES string of the molecule is O=C(c1cc(-c2ccccc2)cc(Cl)c1O)N1CCC(OCCOc2ccccc2)CC1. The van der Waals surface area contributed by atoms with Gasteiger partial charge in [0.15, 0.2) is 0 Å². The summed E-state index contributed by atoms with van der Waals surface area (Å²) in [5, 5.41) is 10.6. The maximum Gasteiger partial charge on any atom is 0.257 e. The number of phenols is 1. The van der Waals surface area contributed by atoms with Crippen LogP contribution in [0.4, 0.5) is 0 Å². The Labute approximate surface area is 193 Å². The van der Waals surface area contributed by atoms with Crippen molar-refractivity contribution >= 4 is 17.5 Å². The Bertz CT molecular complexity index is 1030. The Kier molecular flexibility index (Phi) is 7.30. The van der Waals surface area contributed by atoms with E-state index >= 15 is 0 Å². The third-order valence-electron chi connectivity index (χ3n) is 5.58. The average molecular weight is 452 g/mol. The van der Waals surface area contributed by atoms with Gasteiger partial charge < -0.3 is 19.5 Å². The molecule has 0 aromatic heterocycles. The maximum atomic E-state index is 13.1. The van der Waals surface area contributed by atoms with E-state index in [1.54, 1.807) is 17.0 Å². The Morgan fingerprint density at radius 1 is 0.938 bits per heavy atom. The van der Waals surface area contributed by atoms with Crippen LogP contribution in [0.2, 0.25) is 5.02 Å². The number of halogens is 1. The van der Waals surface area contributed by atoms with Crippen LogP contribution in [-0.4, -0.2) is 48.3 Å². The number of rotatable bonds is 7. The number of likely N-dealkylation sites (tertiary alicyclic amines) is 1. The summed E-state index contributed by atoms with van der Waals surface area (Å²) in [4.78, 5) is 14.9. The number of benzene rings is 3. The summed E-state index contributed by atoms with van der Waals surface area (Å²) in [5.41, 5.74) is 1.97. The van der Waals surface area contributed by atoms with Crippen molar-refractivity contribution in [3.8, 4) is 22.6 Å². The molecule has 1 N–H and O–H groups in total. The quantitative estimate of drug-likeness (QED) is 0.488. The number of piperidine rings is 1. The summed E-state index contributed by atoms with van der Waals surface area (Å²) < 4.78 is 11.6. The van der Waals surface area contributed by atoms with Gasteiger partial charge in [-0.05, 0) is 48.2 Å². The molecule has 1 aliphatic rings. The summed E-state index contributed by atoms with van der Waals surface area (Å²) in [7, 11) is 0. The number of nitrogens with zero attached hydrogens (tertiary/aromatic N) is 1. The van der Waals surface area contributed by atoms with Gasteiger partial charge in [0.2, 0.25) is 0 Å². The zero-order chi connectivity index (χ0) is 22.3. The van der Waals surface area contributed by atoms with Crippen molar-refractivity contribution in [1.82, 2.24) is 4.90 Å². The van der Waals surface area contributed by atoms with Crippen molar-refractivity contribution in [2.45, 2.75) is 18.9 Å². The van der Waals surface area contributed by atoms with E-state index in [2.05, 4.69) is 0 Å². The van der Waals surface area contributed by atoms with Crippen LogP contribution >= 0.6 is 11.6 Å². The second kappa shape index (κ2) is 10.5. The Balaban J connectivity index is 1.32. The number of phenolic OH excluding ortho intramolecular Hbond substituents is 1. The van der Waals surface area contributed by atoms with E-state index in [9.17, 15) is 9.90 Å². The van der Waals surface area contributed by atoms with Gasteiger partial charge in [-0.3, -0.25) is 4.79 Å². The van der Waals surface area contributed by atoms with Crippen molar-refractivity contribution in [1.29, 1.82) is 0 Å². The lowest BCUT2D eigenvalue weighted by Gasteiger charge is -2.32. The number of aromatic hydroxyl groups is 1. The highest BCUT2D eigenvalue weighted by atomic mass is 35.5. The lowest BCUT2D eigenvalue weighted by atomic mass is 10.0. The number of carbonyl (C=O) groups excluding carboxylic acids is 1. The fourth-order valence-electron chi connectivity index (χ4n) is 3.85. The van der Waals surface area contributed by atoms with Crippen molar-refractivity contribution in [3.63, 3.8) is 0 Å². The van der Waals surface area contributed by atoms with Crippen LogP contribution in [0, 0.1) is 0 Å². The van der Waals surface area contributed by atoms with Gasteiger partial charge in [0, 0.05) is 13.1 Å². The molecule has 0 aliphatic carbocycles. The van der Waals surface area contributed by atoms with E-state index in [1.165, 1.54) is 0 Å². The molecule has 0 radical (unpaired) electrons. The predicted molar refractivity (Wildman–Crippen MR) is 125 cm³/mol. The fraction of sp³-hybridized carbons (Fsp3) is 0.269. The van der Waals surface area contributed by atoms with E-state index in [4.69, 9.17) is 21.1 Å². The van der Waals surface area contributed by atoms with Crippen LogP contribution in [0.3, 0.4) is 0 Å². The zero-order valence-corrected chi connectivity index (χ0v) is 18.5. The number of carbonyl (C=O) groups is 1. The first-order valence-corrected chi connectivity index (χ1v) is 11.2. The molecule has 3 aromatic rings. The van der Waals surface area contributed by atoms with Gasteiger partial charge in [-0.1, -0.05) is 60.1 Å². The molecule has 5 nitrogen and oxygen atoms in total. The standard InChI is InChI=1S/C26H26ClNO4/c27-24-18-20(19-7-3-1-4-8-19)17-23(25(24)29)26(30)28-13-11-22(12-14-28)32-16-15-31-21-9-5-2-6-10-21/h1-10,17-18,22,29H,11-16H2.